The standard InChI is InChI=1S/C15H23N3O3/c1-18(2)15(20)12-5-7-13(8-6-12)17-11-14(19)16-9-4-10-21-3/h5-8,17H,4,9-11H2,1-3H3,(H,16,19). The average molecular weight is 293 g/mol. The molecule has 0 atom stereocenters. The molecule has 1 rings (SSSR count). The number of carbonyl (C=O) groups excluding carboxylic acids is 2. The maximum atomic E-state index is 11.7. The predicted octanol–water partition coefficient (Wildman–Crippen LogP) is 0.953. The molecule has 6 nitrogen and oxygen atoms in total. The van der Waals surface area contributed by atoms with Gasteiger partial charge in [0.2, 0.25) is 5.91 Å². The third-order valence-electron chi connectivity index (χ3n) is 2.84. The summed E-state index contributed by atoms with van der Waals surface area (Å²) >= 11 is 0. The van der Waals surface area contributed by atoms with Crippen molar-refractivity contribution in [3.05, 3.63) is 29.8 Å². The maximum absolute atomic E-state index is 11.7. The molecule has 2 N–H and O–H groups in total. The lowest BCUT2D eigenvalue weighted by molar-refractivity contribution is -0.119. The molecule has 0 unspecified atom stereocenters. The molecule has 0 spiro atoms. The molecule has 1 aromatic rings. The smallest absolute Gasteiger partial charge is 0.253 e. The highest BCUT2D eigenvalue weighted by Gasteiger charge is 2.07. The van der Waals surface area contributed by atoms with Crippen molar-refractivity contribution in [2.75, 3.05) is 46.2 Å². The van der Waals surface area contributed by atoms with Gasteiger partial charge in [-0.2, -0.15) is 0 Å². The van der Waals surface area contributed by atoms with Gasteiger partial charge in [0.05, 0.1) is 6.54 Å². The van der Waals surface area contributed by atoms with Crippen molar-refractivity contribution in [2.24, 2.45) is 0 Å². The van der Waals surface area contributed by atoms with E-state index in [1.165, 1.54) is 4.90 Å². The van der Waals surface area contributed by atoms with E-state index in [2.05, 4.69) is 10.6 Å². The third-order valence-corrected chi connectivity index (χ3v) is 2.84. The fourth-order valence-electron chi connectivity index (χ4n) is 1.68. The lowest BCUT2D eigenvalue weighted by Gasteiger charge is -2.11. The van der Waals surface area contributed by atoms with Gasteiger partial charge in [-0.15, -0.1) is 0 Å². The van der Waals surface area contributed by atoms with E-state index in [9.17, 15) is 9.59 Å². The van der Waals surface area contributed by atoms with Crippen LogP contribution in [0.1, 0.15) is 16.8 Å². The molecule has 0 fully saturated rings. The van der Waals surface area contributed by atoms with Crippen LogP contribution in [0, 0.1) is 0 Å². The number of nitrogens with one attached hydrogen (secondary N) is 2. The van der Waals surface area contributed by atoms with Crippen molar-refractivity contribution in [3.63, 3.8) is 0 Å². The van der Waals surface area contributed by atoms with Crippen molar-refractivity contribution >= 4 is 17.5 Å². The van der Waals surface area contributed by atoms with E-state index in [4.69, 9.17) is 4.74 Å². The Morgan fingerprint density at radius 2 is 1.86 bits per heavy atom. The molecule has 6 heteroatoms. The van der Waals surface area contributed by atoms with Crippen LogP contribution in [0.15, 0.2) is 24.3 Å². The van der Waals surface area contributed by atoms with E-state index in [0.717, 1.165) is 12.1 Å². The van der Waals surface area contributed by atoms with E-state index in [1.54, 1.807) is 45.5 Å². The van der Waals surface area contributed by atoms with Crippen LogP contribution in [-0.2, 0) is 9.53 Å². The molecule has 1 aromatic carbocycles. The van der Waals surface area contributed by atoms with Crippen LogP contribution in [-0.4, -0.2) is 57.6 Å². The summed E-state index contributed by atoms with van der Waals surface area (Å²) < 4.78 is 4.90. The van der Waals surface area contributed by atoms with E-state index >= 15 is 0 Å². The molecule has 0 aromatic heterocycles. The molecule has 0 bridgehead atoms. The number of amides is 2. The van der Waals surface area contributed by atoms with Gasteiger partial charge >= 0.3 is 0 Å². The first-order valence-corrected chi connectivity index (χ1v) is 6.86. The van der Waals surface area contributed by atoms with Gasteiger partial charge in [0.1, 0.15) is 0 Å². The van der Waals surface area contributed by atoms with Crippen LogP contribution < -0.4 is 10.6 Å². The van der Waals surface area contributed by atoms with E-state index in [1.807, 2.05) is 0 Å². The zero-order chi connectivity index (χ0) is 15.7. The van der Waals surface area contributed by atoms with Crippen molar-refractivity contribution < 1.29 is 14.3 Å². The molecule has 0 saturated carbocycles. The lowest BCUT2D eigenvalue weighted by Crippen LogP contribution is -2.31. The molecular formula is C15H23N3O3. The third kappa shape index (κ3) is 6.27. The van der Waals surface area contributed by atoms with Crippen LogP contribution >= 0.6 is 0 Å². The van der Waals surface area contributed by atoms with E-state index in [0.29, 0.717) is 18.7 Å². The highest BCUT2D eigenvalue weighted by atomic mass is 16.5. The van der Waals surface area contributed by atoms with Crippen molar-refractivity contribution in [1.29, 1.82) is 0 Å². The van der Waals surface area contributed by atoms with E-state index < -0.39 is 0 Å². The molecule has 0 aliphatic rings. The average Bonchev–Trinajstić information content (AvgIpc) is 2.49. The van der Waals surface area contributed by atoms with Crippen LogP contribution in [0.5, 0.6) is 0 Å². The van der Waals surface area contributed by atoms with E-state index in [-0.39, 0.29) is 18.4 Å². The summed E-state index contributed by atoms with van der Waals surface area (Å²) in [4.78, 5) is 24.8. The molecule has 0 aliphatic heterocycles. The van der Waals surface area contributed by atoms with Gasteiger partial charge < -0.3 is 20.3 Å². The van der Waals surface area contributed by atoms with Gasteiger partial charge in [0.25, 0.3) is 5.91 Å². The maximum Gasteiger partial charge on any atom is 0.253 e. The zero-order valence-corrected chi connectivity index (χ0v) is 12.8. The van der Waals surface area contributed by atoms with Crippen molar-refractivity contribution in [1.82, 2.24) is 10.2 Å². The summed E-state index contributed by atoms with van der Waals surface area (Å²) in [6.45, 7) is 1.44. The molecule has 0 saturated heterocycles. The van der Waals surface area contributed by atoms with Crippen LogP contribution in [0.2, 0.25) is 0 Å². The first-order chi connectivity index (χ1) is 10.0. The van der Waals surface area contributed by atoms with Gasteiger partial charge in [-0.1, -0.05) is 0 Å². The number of anilines is 1. The summed E-state index contributed by atoms with van der Waals surface area (Å²) in [6, 6.07) is 7.05. The minimum atomic E-state index is -0.0699. The minimum Gasteiger partial charge on any atom is -0.385 e. The Morgan fingerprint density at radius 1 is 1.19 bits per heavy atom. The number of rotatable bonds is 8. The number of nitrogens with zero attached hydrogens (tertiary/aromatic N) is 1. The second-order valence-corrected chi connectivity index (χ2v) is 4.83. The minimum absolute atomic E-state index is 0.0440. The van der Waals surface area contributed by atoms with Crippen molar-refractivity contribution in [3.8, 4) is 0 Å². The van der Waals surface area contributed by atoms with Crippen LogP contribution in [0.25, 0.3) is 0 Å². The number of hydrogen-bond donors (Lipinski definition) is 2. The largest absolute Gasteiger partial charge is 0.385 e. The predicted molar refractivity (Wildman–Crippen MR) is 82.5 cm³/mol. The fourth-order valence-corrected chi connectivity index (χ4v) is 1.68. The molecule has 0 radical (unpaired) electrons. The first-order valence-electron chi connectivity index (χ1n) is 6.86. The Balaban J connectivity index is 2.35. The second kappa shape index (κ2) is 8.97. The molecule has 2 amide bonds. The Hall–Kier alpha value is -2.08. The van der Waals surface area contributed by atoms with Gasteiger partial charge in [-0.05, 0) is 30.7 Å². The molecule has 0 heterocycles. The fraction of sp³-hybridized carbons (Fsp3) is 0.467. The first kappa shape index (κ1) is 17.0. The highest BCUT2D eigenvalue weighted by molar-refractivity contribution is 5.94. The molecule has 116 valence electrons. The van der Waals surface area contributed by atoms with Crippen LogP contribution in [0.3, 0.4) is 0 Å². The topological polar surface area (TPSA) is 70.7 Å². The van der Waals surface area contributed by atoms with Crippen molar-refractivity contribution in [2.45, 2.75) is 6.42 Å². The Morgan fingerprint density at radius 3 is 2.43 bits per heavy atom. The monoisotopic (exact) mass is 293 g/mol. The quantitative estimate of drug-likeness (QED) is 0.700. The second-order valence-electron chi connectivity index (χ2n) is 4.83. The summed E-state index contributed by atoms with van der Waals surface area (Å²) in [5, 5.41) is 5.80. The normalized spacial score (nSPS) is 10.0. The molecular weight excluding hydrogens is 270 g/mol. The highest BCUT2D eigenvalue weighted by Crippen LogP contribution is 2.10. The number of carbonyl (C=O) groups is 2. The zero-order valence-electron chi connectivity index (χ0n) is 12.8. The lowest BCUT2D eigenvalue weighted by atomic mass is 10.2. The molecule has 0 aliphatic carbocycles. The Kier molecular flexibility index (Phi) is 7.25. The number of ether oxygens (including phenoxy) is 1. The number of methoxy groups -OCH3 is 1. The van der Waals surface area contributed by atoms with Gasteiger partial charge in [-0.25, -0.2) is 0 Å². The summed E-state index contributed by atoms with van der Waals surface area (Å²) in [6.07, 6.45) is 0.795. The summed E-state index contributed by atoms with van der Waals surface area (Å²) in [5.74, 6) is -0.114. The Labute approximate surface area is 125 Å². The number of hydrogen-bond acceptors (Lipinski definition) is 4. The van der Waals surface area contributed by atoms with Gasteiger partial charge in [0, 0.05) is 45.6 Å². The summed E-state index contributed by atoms with van der Waals surface area (Å²) in [7, 11) is 5.05. The SMILES string of the molecule is COCCCNC(=O)CNc1ccc(C(=O)N(C)C)cc1. The van der Waals surface area contributed by atoms with Gasteiger partial charge in [0.15, 0.2) is 0 Å². The van der Waals surface area contributed by atoms with Crippen LogP contribution in [0.4, 0.5) is 5.69 Å². The Bertz CT molecular complexity index is 458. The summed E-state index contributed by atoms with van der Waals surface area (Å²) in [5.41, 5.74) is 1.42. The molecule has 21 heavy (non-hydrogen) atoms. The van der Waals surface area contributed by atoms with Gasteiger partial charge in [-0.3, -0.25) is 9.59 Å². The number of benzene rings is 1.